The highest BCUT2D eigenvalue weighted by molar-refractivity contribution is 7.11. The van der Waals surface area contributed by atoms with Crippen LogP contribution in [0.2, 0.25) is 0 Å². The highest BCUT2D eigenvalue weighted by atomic mass is 32.1. The van der Waals surface area contributed by atoms with Crippen molar-refractivity contribution in [1.82, 2.24) is 4.98 Å². The van der Waals surface area contributed by atoms with Crippen LogP contribution in [0.15, 0.2) is 11.6 Å². The zero-order valence-electron chi connectivity index (χ0n) is 6.93. The summed E-state index contributed by atoms with van der Waals surface area (Å²) in [5.41, 5.74) is 0. The van der Waals surface area contributed by atoms with Crippen LogP contribution in [0.25, 0.3) is 0 Å². The van der Waals surface area contributed by atoms with Crippen molar-refractivity contribution in [3.63, 3.8) is 0 Å². The Hall–Kier alpha value is -0.780. The zero-order chi connectivity index (χ0) is 9.10. The Morgan fingerprint density at radius 3 is 3.15 bits per heavy atom. The van der Waals surface area contributed by atoms with E-state index in [4.69, 9.17) is 9.47 Å². The number of Topliss-reactive ketones (excluding diaryl/α,β-unsaturated/α-hetero) is 1. The van der Waals surface area contributed by atoms with E-state index in [2.05, 4.69) is 4.98 Å². The lowest BCUT2D eigenvalue weighted by Gasteiger charge is -2.20. The lowest BCUT2D eigenvalue weighted by Crippen LogP contribution is -2.35. The summed E-state index contributed by atoms with van der Waals surface area (Å²) in [5, 5.41) is 2.27. The average Bonchev–Trinajstić information content (AvgIpc) is 2.71. The second-order valence-electron chi connectivity index (χ2n) is 2.64. The number of rotatable bonds is 2. The van der Waals surface area contributed by atoms with Gasteiger partial charge in [0.15, 0.2) is 5.01 Å². The summed E-state index contributed by atoms with van der Waals surface area (Å²) in [6.07, 6.45) is 1.15. The van der Waals surface area contributed by atoms with Crippen molar-refractivity contribution in [2.45, 2.75) is 6.10 Å². The molecule has 1 fully saturated rings. The molecule has 1 atom stereocenters. The molecule has 0 aromatic carbocycles. The van der Waals surface area contributed by atoms with Gasteiger partial charge < -0.3 is 9.47 Å². The zero-order valence-corrected chi connectivity index (χ0v) is 7.75. The van der Waals surface area contributed by atoms with Gasteiger partial charge >= 0.3 is 0 Å². The van der Waals surface area contributed by atoms with Crippen LogP contribution >= 0.6 is 11.3 Å². The number of hydrogen-bond donors (Lipinski definition) is 0. The van der Waals surface area contributed by atoms with E-state index >= 15 is 0 Å². The van der Waals surface area contributed by atoms with Crippen LogP contribution in [-0.2, 0) is 9.47 Å². The largest absolute Gasteiger partial charge is 0.376 e. The van der Waals surface area contributed by atoms with Crippen LogP contribution in [0.1, 0.15) is 9.80 Å². The van der Waals surface area contributed by atoms with Crippen molar-refractivity contribution in [2.24, 2.45) is 0 Å². The Morgan fingerprint density at radius 1 is 1.62 bits per heavy atom. The molecule has 1 aliphatic rings. The highest BCUT2D eigenvalue weighted by Crippen LogP contribution is 2.11. The first-order chi connectivity index (χ1) is 6.38. The van der Waals surface area contributed by atoms with E-state index in [1.807, 2.05) is 0 Å². The molecule has 1 aromatic rings. The maximum atomic E-state index is 11.6. The first-order valence-electron chi connectivity index (χ1n) is 4.01. The lowest BCUT2D eigenvalue weighted by atomic mass is 10.2. The van der Waals surface area contributed by atoms with Gasteiger partial charge in [-0.25, -0.2) is 4.98 Å². The standard InChI is InChI=1S/C8H9NO3S/c10-7(8-9-1-4-13-8)6-5-11-2-3-12-6/h1,4,6H,2-3,5H2. The van der Waals surface area contributed by atoms with E-state index in [1.165, 1.54) is 11.3 Å². The van der Waals surface area contributed by atoms with Gasteiger partial charge in [-0.1, -0.05) is 0 Å². The predicted octanol–water partition coefficient (Wildman–Crippen LogP) is 0.741. The average molecular weight is 199 g/mol. The Balaban J connectivity index is 2.04. The van der Waals surface area contributed by atoms with E-state index in [9.17, 15) is 4.79 Å². The summed E-state index contributed by atoms with van der Waals surface area (Å²) in [5.74, 6) is -0.0744. The van der Waals surface area contributed by atoms with Gasteiger partial charge in [0, 0.05) is 11.6 Å². The van der Waals surface area contributed by atoms with Crippen LogP contribution in [0.5, 0.6) is 0 Å². The molecule has 0 N–H and O–H groups in total. The van der Waals surface area contributed by atoms with Crippen LogP contribution in [-0.4, -0.2) is 36.7 Å². The molecular weight excluding hydrogens is 190 g/mol. The summed E-state index contributed by atoms with van der Waals surface area (Å²) < 4.78 is 10.4. The summed E-state index contributed by atoms with van der Waals surface area (Å²) in [4.78, 5) is 15.5. The van der Waals surface area contributed by atoms with Gasteiger partial charge in [0.05, 0.1) is 19.8 Å². The molecule has 1 aliphatic heterocycles. The first-order valence-corrected chi connectivity index (χ1v) is 4.89. The van der Waals surface area contributed by atoms with Crippen LogP contribution in [0.4, 0.5) is 0 Å². The van der Waals surface area contributed by atoms with Gasteiger partial charge in [0.25, 0.3) is 0 Å². The van der Waals surface area contributed by atoms with Crippen molar-refractivity contribution < 1.29 is 14.3 Å². The number of ketones is 1. The molecular formula is C8H9NO3S. The van der Waals surface area contributed by atoms with E-state index in [0.29, 0.717) is 24.8 Å². The molecule has 0 radical (unpaired) electrons. The molecule has 1 unspecified atom stereocenters. The van der Waals surface area contributed by atoms with Crippen molar-refractivity contribution in [3.05, 3.63) is 16.6 Å². The number of thiazole rings is 1. The van der Waals surface area contributed by atoms with Gasteiger partial charge in [-0.15, -0.1) is 11.3 Å². The fourth-order valence-electron chi connectivity index (χ4n) is 1.12. The van der Waals surface area contributed by atoms with Crippen molar-refractivity contribution in [3.8, 4) is 0 Å². The molecule has 2 rings (SSSR count). The molecule has 4 nitrogen and oxygen atoms in total. The molecule has 0 aliphatic carbocycles. The normalized spacial score (nSPS) is 22.9. The molecule has 2 heterocycles. The summed E-state index contributed by atoms with van der Waals surface area (Å²) in [6.45, 7) is 1.40. The first kappa shape index (κ1) is 8.80. The SMILES string of the molecule is O=C(c1nccs1)C1COCCO1. The number of nitrogens with zero attached hydrogens (tertiary/aromatic N) is 1. The molecule has 0 saturated carbocycles. The number of hydrogen-bond acceptors (Lipinski definition) is 5. The molecule has 0 spiro atoms. The number of ether oxygens (including phenoxy) is 2. The van der Waals surface area contributed by atoms with Crippen LogP contribution < -0.4 is 0 Å². The van der Waals surface area contributed by atoms with Crippen LogP contribution in [0.3, 0.4) is 0 Å². The molecule has 70 valence electrons. The van der Waals surface area contributed by atoms with Crippen molar-refractivity contribution in [1.29, 1.82) is 0 Å². The Morgan fingerprint density at radius 2 is 2.54 bits per heavy atom. The number of carbonyl (C=O) groups is 1. The van der Waals surface area contributed by atoms with Crippen molar-refractivity contribution in [2.75, 3.05) is 19.8 Å². The summed E-state index contributed by atoms with van der Waals surface area (Å²) >= 11 is 1.33. The fourth-order valence-corrected chi connectivity index (χ4v) is 1.74. The van der Waals surface area contributed by atoms with Gasteiger partial charge in [0.1, 0.15) is 6.10 Å². The van der Waals surface area contributed by atoms with E-state index < -0.39 is 6.10 Å². The minimum absolute atomic E-state index is 0.0744. The third-order valence-corrected chi connectivity index (χ3v) is 2.54. The number of aromatic nitrogens is 1. The lowest BCUT2D eigenvalue weighted by molar-refractivity contribution is -0.0719. The molecule has 1 saturated heterocycles. The van der Waals surface area contributed by atoms with E-state index in [-0.39, 0.29) is 5.78 Å². The molecule has 13 heavy (non-hydrogen) atoms. The highest BCUT2D eigenvalue weighted by Gasteiger charge is 2.25. The van der Waals surface area contributed by atoms with Crippen molar-refractivity contribution >= 4 is 17.1 Å². The third kappa shape index (κ3) is 1.93. The summed E-state index contributed by atoms with van der Waals surface area (Å²) in [7, 11) is 0. The second-order valence-corrected chi connectivity index (χ2v) is 3.53. The van der Waals surface area contributed by atoms with E-state index in [1.54, 1.807) is 11.6 Å². The quantitative estimate of drug-likeness (QED) is 0.659. The predicted molar refractivity (Wildman–Crippen MR) is 47.0 cm³/mol. The topological polar surface area (TPSA) is 48.4 Å². The Labute approximate surface area is 79.5 Å². The number of carbonyl (C=O) groups excluding carboxylic acids is 1. The Kier molecular flexibility index (Phi) is 2.68. The minimum atomic E-state index is -0.458. The smallest absolute Gasteiger partial charge is 0.222 e. The maximum Gasteiger partial charge on any atom is 0.222 e. The second kappa shape index (κ2) is 3.95. The molecule has 5 heteroatoms. The summed E-state index contributed by atoms with van der Waals surface area (Å²) in [6, 6.07) is 0. The third-order valence-electron chi connectivity index (χ3n) is 1.75. The molecule has 0 amide bonds. The minimum Gasteiger partial charge on any atom is -0.376 e. The maximum absolute atomic E-state index is 11.6. The molecule has 0 bridgehead atoms. The Bertz CT molecular complexity index is 280. The molecule has 1 aromatic heterocycles. The van der Waals surface area contributed by atoms with E-state index in [0.717, 1.165) is 0 Å². The van der Waals surface area contributed by atoms with Gasteiger partial charge in [0.2, 0.25) is 5.78 Å². The van der Waals surface area contributed by atoms with Gasteiger partial charge in [-0.3, -0.25) is 4.79 Å². The monoisotopic (exact) mass is 199 g/mol. The van der Waals surface area contributed by atoms with Crippen LogP contribution in [0, 0.1) is 0 Å². The fraction of sp³-hybridized carbons (Fsp3) is 0.500. The van der Waals surface area contributed by atoms with Gasteiger partial charge in [-0.2, -0.15) is 0 Å². The van der Waals surface area contributed by atoms with Gasteiger partial charge in [-0.05, 0) is 0 Å².